The average Bonchev–Trinajstić information content (AvgIpc) is 3.14. The number of hydrogen-bond donors (Lipinski definition) is 1. The highest BCUT2D eigenvalue weighted by atomic mass is 32.2. The zero-order chi connectivity index (χ0) is 19.8. The molecule has 0 aliphatic rings. The molecule has 0 aliphatic carbocycles. The molecule has 2 heterocycles. The Kier molecular flexibility index (Phi) is 5.41. The van der Waals surface area contributed by atoms with E-state index in [0.29, 0.717) is 5.13 Å². The number of hydrogen-bond acceptors (Lipinski definition) is 7. The molecule has 0 saturated heterocycles. The van der Waals surface area contributed by atoms with Crippen molar-refractivity contribution in [3.8, 4) is 10.6 Å². The van der Waals surface area contributed by atoms with Crippen LogP contribution in [0.5, 0.6) is 0 Å². The summed E-state index contributed by atoms with van der Waals surface area (Å²) in [5.41, 5.74) is 1.74. The van der Waals surface area contributed by atoms with Crippen LogP contribution in [0.1, 0.15) is 16.3 Å². The summed E-state index contributed by atoms with van der Waals surface area (Å²) in [5, 5.41) is 5.83. The van der Waals surface area contributed by atoms with Gasteiger partial charge in [0.1, 0.15) is 5.82 Å². The van der Waals surface area contributed by atoms with Gasteiger partial charge in [0, 0.05) is 11.6 Å². The van der Waals surface area contributed by atoms with Crippen molar-refractivity contribution in [3.05, 3.63) is 45.7 Å². The fourth-order valence-corrected chi connectivity index (χ4v) is 4.75. The lowest BCUT2D eigenvalue weighted by Gasteiger charge is -2.05. The van der Waals surface area contributed by atoms with Gasteiger partial charge in [-0.25, -0.2) is 22.8 Å². The molecular weight excluding hydrogens is 409 g/mol. The number of aryl methyl sites for hydroxylation is 2. The van der Waals surface area contributed by atoms with Crippen molar-refractivity contribution >= 4 is 43.5 Å². The number of nitrogens with zero attached hydrogens (tertiary/aromatic N) is 2. The summed E-state index contributed by atoms with van der Waals surface area (Å²) in [6.45, 7) is 3.82. The number of anilines is 1. The van der Waals surface area contributed by atoms with Gasteiger partial charge in [0.05, 0.1) is 32.6 Å². The Morgan fingerprint density at radius 2 is 2.00 bits per heavy atom. The number of benzene rings is 1. The van der Waals surface area contributed by atoms with Crippen molar-refractivity contribution in [2.24, 2.45) is 0 Å². The molecular formula is C17H16FN3O3S3. The largest absolute Gasteiger partial charge is 0.302 e. The molecule has 1 amide bonds. The molecule has 10 heteroatoms. The molecule has 0 bridgehead atoms. The molecule has 0 aliphatic heterocycles. The molecule has 0 radical (unpaired) electrons. The van der Waals surface area contributed by atoms with Crippen molar-refractivity contribution in [2.45, 2.75) is 25.2 Å². The minimum atomic E-state index is -3.50. The summed E-state index contributed by atoms with van der Waals surface area (Å²) in [6, 6.07) is 3.52. The molecule has 3 aromatic rings. The molecule has 0 atom stereocenters. The molecule has 1 N–H and O–H groups in total. The first-order valence-electron chi connectivity index (χ1n) is 7.82. The first-order chi connectivity index (χ1) is 12.6. The van der Waals surface area contributed by atoms with Crippen molar-refractivity contribution in [3.63, 3.8) is 0 Å². The molecule has 2 aromatic heterocycles. The van der Waals surface area contributed by atoms with Crippen LogP contribution in [-0.4, -0.2) is 30.5 Å². The van der Waals surface area contributed by atoms with Gasteiger partial charge in [-0.1, -0.05) is 6.07 Å². The Balaban J connectivity index is 1.71. The number of carbonyl (C=O) groups is 1. The first kappa shape index (κ1) is 19.6. The number of sulfone groups is 1. The van der Waals surface area contributed by atoms with Crippen LogP contribution < -0.4 is 5.32 Å². The van der Waals surface area contributed by atoms with Crippen molar-refractivity contribution < 1.29 is 17.6 Å². The van der Waals surface area contributed by atoms with Crippen LogP contribution in [0.15, 0.2) is 28.5 Å². The summed E-state index contributed by atoms with van der Waals surface area (Å²) in [5.74, 6) is -1.16. The Labute approximate surface area is 164 Å². The van der Waals surface area contributed by atoms with E-state index in [9.17, 15) is 17.6 Å². The number of halogens is 1. The van der Waals surface area contributed by atoms with E-state index in [1.54, 1.807) is 0 Å². The second kappa shape index (κ2) is 7.45. The van der Waals surface area contributed by atoms with Crippen LogP contribution in [0.25, 0.3) is 10.6 Å². The predicted octanol–water partition coefficient (Wildman–Crippen LogP) is 3.61. The van der Waals surface area contributed by atoms with Gasteiger partial charge in [-0.2, -0.15) is 0 Å². The third kappa shape index (κ3) is 4.57. The van der Waals surface area contributed by atoms with Gasteiger partial charge in [-0.15, -0.1) is 22.7 Å². The average molecular weight is 426 g/mol. The van der Waals surface area contributed by atoms with Gasteiger partial charge >= 0.3 is 0 Å². The highest BCUT2D eigenvalue weighted by molar-refractivity contribution is 7.90. The van der Waals surface area contributed by atoms with E-state index in [-0.39, 0.29) is 16.9 Å². The number of carbonyl (C=O) groups excluding carboxylic acids is 1. The van der Waals surface area contributed by atoms with Crippen LogP contribution >= 0.6 is 22.7 Å². The lowest BCUT2D eigenvalue weighted by atomic mass is 10.1. The molecule has 0 saturated carbocycles. The fraction of sp³-hybridized carbons (Fsp3) is 0.235. The van der Waals surface area contributed by atoms with Crippen molar-refractivity contribution in [1.29, 1.82) is 0 Å². The summed E-state index contributed by atoms with van der Waals surface area (Å²) in [6.07, 6.45) is 0.782. The molecule has 3 rings (SSSR count). The zero-order valence-electron chi connectivity index (χ0n) is 14.7. The third-order valence-corrected chi connectivity index (χ3v) is 6.65. The highest BCUT2D eigenvalue weighted by Crippen LogP contribution is 2.32. The van der Waals surface area contributed by atoms with E-state index in [1.807, 2.05) is 19.2 Å². The van der Waals surface area contributed by atoms with E-state index >= 15 is 0 Å². The molecule has 0 spiro atoms. The quantitative estimate of drug-likeness (QED) is 0.675. The topological polar surface area (TPSA) is 89.0 Å². The SMILES string of the molecule is Cc1nc(C)c(-c2csc(NC(=O)Cc3ccc(S(C)(=O)=O)cc3F)n2)s1. The number of aromatic nitrogens is 2. The minimum absolute atomic E-state index is 0.116. The van der Waals surface area contributed by atoms with E-state index in [0.717, 1.165) is 33.6 Å². The molecule has 6 nitrogen and oxygen atoms in total. The lowest BCUT2D eigenvalue weighted by molar-refractivity contribution is -0.115. The Hall–Kier alpha value is -2.17. The Bertz CT molecular complexity index is 1120. The molecule has 0 fully saturated rings. The number of rotatable bonds is 5. The Morgan fingerprint density at radius 1 is 1.26 bits per heavy atom. The maximum Gasteiger partial charge on any atom is 0.230 e. The van der Waals surface area contributed by atoms with Gasteiger partial charge in [-0.05, 0) is 31.5 Å². The zero-order valence-corrected chi connectivity index (χ0v) is 17.2. The summed E-state index contributed by atoms with van der Waals surface area (Å²) < 4.78 is 37.0. The summed E-state index contributed by atoms with van der Waals surface area (Å²) in [4.78, 5) is 21.8. The van der Waals surface area contributed by atoms with Gasteiger partial charge in [0.15, 0.2) is 15.0 Å². The molecule has 142 valence electrons. The third-order valence-electron chi connectivity index (χ3n) is 3.69. The standard InChI is InChI=1S/C17H16FN3O3S3/c1-9-16(26-10(2)19-9)14-8-25-17(20-14)21-15(22)6-11-4-5-12(7-13(11)18)27(3,23)24/h4-5,7-8H,6H2,1-3H3,(H,20,21,22). The second-order valence-electron chi connectivity index (χ2n) is 5.94. The lowest BCUT2D eigenvalue weighted by Crippen LogP contribution is -2.15. The van der Waals surface area contributed by atoms with Crippen LogP contribution in [-0.2, 0) is 21.1 Å². The van der Waals surface area contributed by atoms with E-state index in [4.69, 9.17) is 0 Å². The van der Waals surface area contributed by atoms with Crippen molar-refractivity contribution in [2.75, 3.05) is 11.6 Å². The van der Waals surface area contributed by atoms with Crippen LogP contribution in [0.2, 0.25) is 0 Å². The van der Waals surface area contributed by atoms with Crippen molar-refractivity contribution in [1.82, 2.24) is 9.97 Å². The molecule has 27 heavy (non-hydrogen) atoms. The van der Waals surface area contributed by atoms with Gasteiger partial charge in [0.2, 0.25) is 5.91 Å². The normalized spacial score (nSPS) is 11.6. The van der Waals surface area contributed by atoms with E-state index < -0.39 is 21.6 Å². The predicted molar refractivity (Wildman–Crippen MR) is 105 cm³/mol. The van der Waals surface area contributed by atoms with Crippen LogP contribution in [0.4, 0.5) is 9.52 Å². The highest BCUT2D eigenvalue weighted by Gasteiger charge is 2.16. The van der Waals surface area contributed by atoms with E-state index in [1.165, 1.54) is 34.8 Å². The second-order valence-corrected chi connectivity index (χ2v) is 10.0. The number of nitrogens with one attached hydrogen (secondary N) is 1. The number of thiazole rings is 2. The van der Waals surface area contributed by atoms with Crippen LogP contribution in [0, 0.1) is 19.7 Å². The maximum atomic E-state index is 14.1. The van der Waals surface area contributed by atoms with Crippen LogP contribution in [0.3, 0.4) is 0 Å². The molecule has 0 unspecified atom stereocenters. The summed E-state index contributed by atoms with van der Waals surface area (Å²) >= 11 is 2.80. The number of amides is 1. The molecule has 1 aromatic carbocycles. The fourth-order valence-electron chi connectivity index (χ4n) is 2.44. The first-order valence-corrected chi connectivity index (χ1v) is 11.4. The Morgan fingerprint density at radius 3 is 2.59 bits per heavy atom. The maximum absolute atomic E-state index is 14.1. The minimum Gasteiger partial charge on any atom is -0.302 e. The van der Waals surface area contributed by atoms with Gasteiger partial charge in [-0.3, -0.25) is 4.79 Å². The van der Waals surface area contributed by atoms with Gasteiger partial charge in [0.25, 0.3) is 0 Å². The summed E-state index contributed by atoms with van der Waals surface area (Å²) in [7, 11) is -3.50. The smallest absolute Gasteiger partial charge is 0.230 e. The monoisotopic (exact) mass is 425 g/mol. The van der Waals surface area contributed by atoms with E-state index in [2.05, 4.69) is 15.3 Å². The van der Waals surface area contributed by atoms with Gasteiger partial charge < -0.3 is 5.32 Å².